The van der Waals surface area contributed by atoms with Crippen LogP contribution in [0.1, 0.15) is 35.1 Å². The van der Waals surface area contributed by atoms with Crippen LogP contribution in [-0.4, -0.2) is 66.9 Å². The van der Waals surface area contributed by atoms with E-state index in [0.29, 0.717) is 50.4 Å². The van der Waals surface area contributed by atoms with Gasteiger partial charge in [-0.05, 0) is 61.7 Å². The summed E-state index contributed by atoms with van der Waals surface area (Å²) in [4.78, 5) is 35.7. The number of imidazole rings is 2. The number of rotatable bonds is 6. The fraction of sp³-hybridized carbons (Fsp3) is 0.294. The lowest BCUT2D eigenvalue weighted by Crippen LogP contribution is -2.25. The molecule has 2 aliphatic heterocycles. The molecule has 0 unspecified atom stereocenters. The van der Waals surface area contributed by atoms with Crippen LogP contribution in [0.15, 0.2) is 61.4 Å². The zero-order valence-electron chi connectivity index (χ0n) is 27.1. The summed E-state index contributed by atoms with van der Waals surface area (Å²) in [7, 11) is 0. The van der Waals surface area contributed by atoms with Crippen LogP contribution in [0.25, 0.3) is 11.4 Å². The Kier molecular flexibility index (Phi) is 10.5. The Labute approximate surface area is 290 Å². The summed E-state index contributed by atoms with van der Waals surface area (Å²) in [5.74, 6) is -0.290. The van der Waals surface area contributed by atoms with Crippen LogP contribution in [0.4, 0.5) is 24.8 Å². The fourth-order valence-electron chi connectivity index (χ4n) is 5.60. The van der Waals surface area contributed by atoms with E-state index in [1.54, 1.807) is 28.1 Å². The molecule has 51 heavy (non-hydrogen) atoms. The van der Waals surface area contributed by atoms with Crippen molar-refractivity contribution in [2.45, 2.75) is 25.9 Å². The van der Waals surface area contributed by atoms with Crippen LogP contribution in [-0.2, 0) is 15.8 Å². The number of likely N-dealkylation sites (tertiary alicyclic amines) is 2. The normalized spacial score (nSPS) is 16.5. The Hall–Kier alpha value is -6.85. The molecule has 2 aliphatic rings. The number of carbonyl (C=O) groups is 2. The van der Waals surface area contributed by atoms with Crippen molar-refractivity contribution >= 4 is 23.5 Å². The van der Waals surface area contributed by atoms with Crippen molar-refractivity contribution in [1.82, 2.24) is 28.9 Å². The second kappa shape index (κ2) is 15.1. The van der Waals surface area contributed by atoms with Gasteiger partial charge < -0.3 is 29.6 Å². The number of nitrogens with zero attached hydrogens (tertiary/aromatic N) is 10. The minimum atomic E-state index is -4.66. The molecule has 2 aromatic carbocycles. The van der Waals surface area contributed by atoms with E-state index in [9.17, 15) is 22.8 Å². The molecule has 6 rings (SSSR count). The molecule has 2 atom stereocenters. The highest BCUT2D eigenvalue weighted by molar-refractivity contribution is 5.92. The predicted molar refractivity (Wildman–Crippen MR) is 174 cm³/mol. The van der Waals surface area contributed by atoms with Gasteiger partial charge in [0.1, 0.15) is 12.7 Å². The van der Waals surface area contributed by atoms with Crippen LogP contribution >= 0.6 is 0 Å². The number of amides is 2. The monoisotopic (exact) mass is 694 g/mol. The maximum absolute atomic E-state index is 13.1. The average Bonchev–Trinajstić information content (AvgIpc) is 3.95. The van der Waals surface area contributed by atoms with Crippen molar-refractivity contribution in [3.63, 3.8) is 0 Å². The molecular weight excluding hydrogens is 665 g/mol. The van der Waals surface area contributed by atoms with Gasteiger partial charge in [-0.3, -0.25) is 9.59 Å². The number of anilines is 2. The molecule has 4 heterocycles. The molecular formula is C34H29F3N12O2. The van der Waals surface area contributed by atoms with Crippen LogP contribution < -0.4 is 10.6 Å². The Morgan fingerprint density at radius 1 is 0.765 bits per heavy atom. The van der Waals surface area contributed by atoms with E-state index in [-0.39, 0.29) is 35.2 Å². The number of hydrogen-bond acceptors (Lipinski definition) is 10. The minimum absolute atomic E-state index is 0.117. The van der Waals surface area contributed by atoms with Gasteiger partial charge >= 0.3 is 6.18 Å². The summed E-state index contributed by atoms with van der Waals surface area (Å²) in [5.41, 5.74) is 1.04. The molecule has 2 aromatic heterocycles. The molecule has 0 aliphatic carbocycles. The molecule has 0 bridgehead atoms. The summed E-state index contributed by atoms with van der Waals surface area (Å²) in [6.07, 6.45) is 6.62. The Morgan fingerprint density at radius 3 is 1.65 bits per heavy atom. The van der Waals surface area contributed by atoms with E-state index < -0.39 is 17.3 Å². The summed E-state index contributed by atoms with van der Waals surface area (Å²) < 4.78 is 42.4. The first-order chi connectivity index (χ1) is 24.4. The quantitative estimate of drug-likeness (QED) is 0.275. The van der Waals surface area contributed by atoms with Crippen molar-refractivity contribution in [3.05, 3.63) is 83.7 Å². The molecule has 0 spiro atoms. The van der Waals surface area contributed by atoms with Crippen molar-refractivity contribution in [2.24, 2.45) is 11.8 Å². The first-order valence-electron chi connectivity index (χ1n) is 15.5. The molecule has 2 saturated heterocycles. The maximum Gasteiger partial charge on any atom is 0.417 e. The van der Waals surface area contributed by atoms with Crippen molar-refractivity contribution in [3.8, 4) is 35.9 Å². The van der Waals surface area contributed by atoms with Crippen molar-refractivity contribution < 1.29 is 22.8 Å². The minimum Gasteiger partial charge on any atom is -0.310 e. The van der Waals surface area contributed by atoms with Gasteiger partial charge in [-0.2, -0.15) is 34.2 Å². The molecule has 14 nitrogen and oxygen atoms in total. The number of carbonyl (C=O) groups excluding carboxylic acids is 2. The molecule has 0 saturated carbocycles. The third-order valence-corrected chi connectivity index (χ3v) is 8.42. The van der Waals surface area contributed by atoms with E-state index in [4.69, 9.17) is 21.0 Å². The van der Waals surface area contributed by atoms with E-state index in [1.165, 1.54) is 34.1 Å². The maximum atomic E-state index is 13.1. The third-order valence-electron chi connectivity index (χ3n) is 8.42. The Morgan fingerprint density at radius 2 is 1.24 bits per heavy atom. The molecule has 4 aromatic rings. The third kappa shape index (κ3) is 8.42. The molecule has 2 fully saturated rings. The first kappa shape index (κ1) is 35.5. The highest BCUT2D eigenvalue weighted by atomic mass is 19.4. The number of halogens is 3. The second-order valence-corrected chi connectivity index (χ2v) is 11.8. The average molecular weight is 695 g/mol. The molecule has 0 radical (unpaired) electrons. The van der Waals surface area contributed by atoms with Crippen molar-refractivity contribution in [1.29, 1.82) is 21.0 Å². The van der Waals surface area contributed by atoms with Gasteiger partial charge in [0.25, 0.3) is 0 Å². The van der Waals surface area contributed by atoms with Gasteiger partial charge in [-0.25, -0.2) is 9.97 Å². The highest BCUT2D eigenvalue weighted by Gasteiger charge is 2.34. The number of aromatic nitrogens is 4. The van der Waals surface area contributed by atoms with Gasteiger partial charge in [-0.15, -0.1) is 0 Å². The predicted octanol–water partition coefficient (Wildman–Crippen LogP) is 4.30. The summed E-state index contributed by atoms with van der Waals surface area (Å²) in [6.45, 7) is 3.79. The molecule has 2 amide bonds. The lowest BCUT2D eigenvalue weighted by molar-refractivity contribution is -0.137. The van der Waals surface area contributed by atoms with Crippen LogP contribution in [0.5, 0.6) is 0 Å². The van der Waals surface area contributed by atoms with Crippen LogP contribution in [0.3, 0.4) is 0 Å². The number of benzene rings is 2. The zero-order chi connectivity index (χ0) is 36.7. The van der Waals surface area contributed by atoms with Gasteiger partial charge in [0.2, 0.25) is 11.8 Å². The van der Waals surface area contributed by atoms with E-state index in [1.807, 2.05) is 25.2 Å². The van der Waals surface area contributed by atoms with E-state index in [0.717, 1.165) is 23.4 Å². The summed E-state index contributed by atoms with van der Waals surface area (Å²) in [6, 6.07) is 12.5. The molecule has 2 N–H and O–H groups in total. The molecule has 17 heteroatoms. The smallest absolute Gasteiger partial charge is 0.310 e. The lowest BCUT2D eigenvalue weighted by Gasteiger charge is -2.11. The number of alkyl halides is 3. The second-order valence-electron chi connectivity index (χ2n) is 11.8. The SMILES string of the molecule is Cc1cc(-n2cnc(NC(=O)[C@H]3CCN(C#N)C3)c2)ccc1C#N.N#Cc1ccc(-n2cnc(NC(=O)[C@H]3CCN(C#N)C3)c2)cc1C(F)(F)F. The van der Waals surface area contributed by atoms with Gasteiger partial charge in [-0.1, -0.05) is 0 Å². The van der Waals surface area contributed by atoms with Crippen LogP contribution in [0, 0.1) is 64.3 Å². The fourth-order valence-corrected chi connectivity index (χ4v) is 5.60. The Bertz CT molecular complexity index is 2110. The lowest BCUT2D eigenvalue weighted by atomic mass is 10.1. The van der Waals surface area contributed by atoms with Crippen LogP contribution in [0.2, 0.25) is 0 Å². The Balaban J connectivity index is 0.000000199. The van der Waals surface area contributed by atoms with Gasteiger partial charge in [0.15, 0.2) is 24.0 Å². The number of aryl methyl sites for hydroxylation is 1. The molecule has 258 valence electrons. The largest absolute Gasteiger partial charge is 0.417 e. The van der Waals surface area contributed by atoms with E-state index >= 15 is 0 Å². The number of nitriles is 4. The number of nitrogens with one attached hydrogen (secondary N) is 2. The standard InChI is InChI=1S/C17H13F3N6O.C17H16N6O/c18-17(19,20)14-5-13(2-1-11(14)6-21)26-8-15(23-10-26)24-16(27)12-3-4-25(7-12)9-22;1-12-6-15(3-2-13(12)7-18)23-9-16(20-11-23)21-17(24)14-4-5-22(8-14)10-19/h1-2,5,8,10,12H,3-4,7H2,(H,24,27);2-3,6,9,11,14H,4-5,8H2,1H3,(H,21,24)/t12-;14-/m00/s1. The zero-order valence-corrected chi connectivity index (χ0v) is 27.1. The first-order valence-corrected chi connectivity index (χ1v) is 15.5. The van der Waals surface area contributed by atoms with E-state index in [2.05, 4.69) is 32.9 Å². The van der Waals surface area contributed by atoms with Crippen molar-refractivity contribution in [2.75, 3.05) is 36.8 Å². The highest BCUT2D eigenvalue weighted by Crippen LogP contribution is 2.33. The number of hydrogen-bond donors (Lipinski definition) is 2. The van der Waals surface area contributed by atoms with Gasteiger partial charge in [0.05, 0.1) is 53.1 Å². The van der Waals surface area contributed by atoms with Gasteiger partial charge in [0, 0.05) is 37.6 Å². The topological polar surface area (TPSA) is 195 Å². The summed E-state index contributed by atoms with van der Waals surface area (Å²) >= 11 is 0. The summed E-state index contributed by atoms with van der Waals surface area (Å²) in [5, 5.41) is 40.9.